The predicted molar refractivity (Wildman–Crippen MR) is 231 cm³/mol. The van der Waals surface area contributed by atoms with Gasteiger partial charge in [0.15, 0.2) is 0 Å². The van der Waals surface area contributed by atoms with Crippen LogP contribution in [0.3, 0.4) is 0 Å². The zero-order valence-corrected chi connectivity index (χ0v) is 29.9. The van der Waals surface area contributed by atoms with Gasteiger partial charge in [-0.2, -0.15) is 0 Å². The van der Waals surface area contributed by atoms with E-state index in [0.717, 1.165) is 61.3 Å². The van der Waals surface area contributed by atoms with Crippen LogP contribution in [-0.4, -0.2) is 4.57 Å². The molecule has 3 nitrogen and oxygen atoms in total. The van der Waals surface area contributed by atoms with Crippen LogP contribution in [0.2, 0.25) is 0 Å². The first-order valence-corrected chi connectivity index (χ1v) is 18.8. The minimum atomic E-state index is 0.896. The number of benzene rings is 9. The van der Waals surface area contributed by atoms with Crippen molar-refractivity contribution in [2.24, 2.45) is 0 Å². The second kappa shape index (κ2) is 12.6. The molecule has 0 bridgehead atoms. The molecule has 0 unspecified atom stereocenters. The fraction of sp³-hybridized carbons (Fsp3) is 0. The lowest BCUT2D eigenvalue weighted by Gasteiger charge is -2.27. The lowest BCUT2D eigenvalue weighted by atomic mass is 9.97. The summed E-state index contributed by atoms with van der Waals surface area (Å²) >= 11 is 0. The van der Waals surface area contributed by atoms with Gasteiger partial charge in [-0.25, -0.2) is 0 Å². The molecule has 55 heavy (non-hydrogen) atoms. The highest BCUT2D eigenvalue weighted by atomic mass is 16.3. The van der Waals surface area contributed by atoms with Gasteiger partial charge in [0, 0.05) is 38.6 Å². The van der Waals surface area contributed by atoms with Crippen LogP contribution in [0.15, 0.2) is 211 Å². The third-order valence-electron chi connectivity index (χ3n) is 10.9. The van der Waals surface area contributed by atoms with Gasteiger partial charge in [-0.15, -0.1) is 0 Å². The van der Waals surface area contributed by atoms with Gasteiger partial charge >= 0.3 is 0 Å². The number of hydrogen-bond acceptors (Lipinski definition) is 2. The largest absolute Gasteiger partial charge is 0.456 e. The molecule has 0 N–H and O–H groups in total. The van der Waals surface area contributed by atoms with Crippen LogP contribution in [0.25, 0.3) is 82.5 Å². The van der Waals surface area contributed by atoms with Gasteiger partial charge in [-0.3, -0.25) is 0 Å². The van der Waals surface area contributed by atoms with Gasteiger partial charge in [-0.1, -0.05) is 133 Å². The number of anilines is 3. The molecule has 0 aliphatic heterocycles. The average Bonchev–Trinajstić information content (AvgIpc) is 3.79. The molecule has 0 atom stereocenters. The Hall–Kier alpha value is -7.36. The molecule has 0 radical (unpaired) electrons. The highest BCUT2D eigenvalue weighted by Crippen LogP contribution is 2.45. The topological polar surface area (TPSA) is 21.3 Å². The number of fused-ring (bicyclic) bond motifs is 7. The molecule has 0 aliphatic rings. The van der Waals surface area contributed by atoms with Gasteiger partial charge in [0.05, 0.1) is 16.7 Å². The van der Waals surface area contributed by atoms with Gasteiger partial charge in [-0.05, 0) is 106 Å². The standard InChI is InChI=1S/C52H34N2O/c1-3-14-35(15-4-1)37-18-11-21-42(32-37)53(47-25-13-26-48-52(47)44-22-9-10-24-46(44)54(48)40-19-5-2-6-20-40)41-30-28-36(29-31-41)43-23-12-27-49-51(43)45-33-38-16-7-8-17-39(38)34-50(45)55-49/h1-34H. The van der Waals surface area contributed by atoms with E-state index in [0.29, 0.717) is 0 Å². The lowest BCUT2D eigenvalue weighted by molar-refractivity contribution is 0.669. The molecule has 258 valence electrons. The number of aromatic nitrogens is 1. The van der Waals surface area contributed by atoms with E-state index in [4.69, 9.17) is 4.42 Å². The van der Waals surface area contributed by atoms with E-state index in [1.54, 1.807) is 0 Å². The van der Waals surface area contributed by atoms with E-state index >= 15 is 0 Å². The van der Waals surface area contributed by atoms with E-state index in [1.165, 1.54) is 38.2 Å². The Morgan fingerprint density at radius 1 is 0.382 bits per heavy atom. The normalized spacial score (nSPS) is 11.6. The van der Waals surface area contributed by atoms with Crippen molar-refractivity contribution in [1.82, 2.24) is 4.57 Å². The van der Waals surface area contributed by atoms with Crippen LogP contribution < -0.4 is 4.90 Å². The Morgan fingerprint density at radius 2 is 1.05 bits per heavy atom. The molecule has 11 rings (SSSR count). The third-order valence-corrected chi connectivity index (χ3v) is 10.9. The Kier molecular flexibility index (Phi) is 7.17. The van der Waals surface area contributed by atoms with E-state index in [-0.39, 0.29) is 0 Å². The number of para-hydroxylation sites is 2. The smallest absolute Gasteiger partial charge is 0.136 e. The van der Waals surface area contributed by atoms with Crippen molar-refractivity contribution in [2.75, 3.05) is 4.90 Å². The van der Waals surface area contributed by atoms with Crippen LogP contribution >= 0.6 is 0 Å². The fourth-order valence-electron chi connectivity index (χ4n) is 8.47. The van der Waals surface area contributed by atoms with E-state index in [2.05, 4.69) is 216 Å². The maximum absolute atomic E-state index is 6.45. The van der Waals surface area contributed by atoms with Crippen molar-refractivity contribution in [2.45, 2.75) is 0 Å². The summed E-state index contributed by atoms with van der Waals surface area (Å²) in [5.41, 5.74) is 13.2. The van der Waals surface area contributed by atoms with Crippen LogP contribution in [0, 0.1) is 0 Å². The van der Waals surface area contributed by atoms with E-state index in [9.17, 15) is 0 Å². The fourth-order valence-corrected chi connectivity index (χ4v) is 8.47. The summed E-state index contributed by atoms with van der Waals surface area (Å²) in [6, 6.07) is 73.9. The van der Waals surface area contributed by atoms with Crippen molar-refractivity contribution in [3.63, 3.8) is 0 Å². The maximum atomic E-state index is 6.45. The molecule has 2 aromatic heterocycles. The zero-order valence-electron chi connectivity index (χ0n) is 29.9. The summed E-state index contributed by atoms with van der Waals surface area (Å²) in [7, 11) is 0. The molecular weight excluding hydrogens is 669 g/mol. The highest BCUT2D eigenvalue weighted by molar-refractivity contribution is 6.17. The Bertz CT molecular complexity index is 3190. The molecule has 0 saturated carbocycles. The van der Waals surface area contributed by atoms with Crippen molar-refractivity contribution in [3.05, 3.63) is 206 Å². The highest BCUT2D eigenvalue weighted by Gasteiger charge is 2.22. The van der Waals surface area contributed by atoms with Gasteiger partial charge in [0.2, 0.25) is 0 Å². The van der Waals surface area contributed by atoms with E-state index < -0.39 is 0 Å². The van der Waals surface area contributed by atoms with E-state index in [1.807, 2.05) is 0 Å². The van der Waals surface area contributed by atoms with Crippen LogP contribution in [-0.2, 0) is 0 Å². The molecule has 3 heteroatoms. The maximum Gasteiger partial charge on any atom is 0.136 e. The quantitative estimate of drug-likeness (QED) is 0.172. The first kappa shape index (κ1) is 31.2. The first-order valence-electron chi connectivity index (χ1n) is 18.8. The summed E-state index contributed by atoms with van der Waals surface area (Å²) < 4.78 is 8.83. The summed E-state index contributed by atoms with van der Waals surface area (Å²) in [4.78, 5) is 2.42. The van der Waals surface area contributed by atoms with Crippen molar-refractivity contribution >= 4 is 71.6 Å². The number of hydrogen-bond donors (Lipinski definition) is 0. The van der Waals surface area contributed by atoms with Crippen LogP contribution in [0.1, 0.15) is 0 Å². The SMILES string of the molecule is c1ccc(-c2cccc(N(c3ccc(-c4cccc5oc6cc7ccccc7cc6c45)cc3)c3cccc4c3c3ccccc3n4-c3ccccc3)c2)cc1. The Balaban J connectivity index is 1.12. The van der Waals surface area contributed by atoms with Gasteiger partial charge < -0.3 is 13.9 Å². The zero-order chi connectivity index (χ0) is 36.3. The number of nitrogens with zero attached hydrogens (tertiary/aromatic N) is 2. The molecule has 0 spiro atoms. The summed E-state index contributed by atoms with van der Waals surface area (Å²) in [6.07, 6.45) is 0. The lowest BCUT2D eigenvalue weighted by Crippen LogP contribution is -2.10. The third kappa shape index (κ3) is 5.13. The average molecular weight is 703 g/mol. The van der Waals surface area contributed by atoms with Gasteiger partial charge in [0.25, 0.3) is 0 Å². The summed E-state index contributed by atoms with van der Waals surface area (Å²) in [5.74, 6) is 0. The van der Waals surface area contributed by atoms with Crippen molar-refractivity contribution < 1.29 is 4.42 Å². The predicted octanol–water partition coefficient (Wildman–Crippen LogP) is 14.6. The van der Waals surface area contributed by atoms with Crippen LogP contribution in [0.4, 0.5) is 17.1 Å². The molecule has 0 saturated heterocycles. The number of furan rings is 1. The van der Waals surface area contributed by atoms with Crippen molar-refractivity contribution in [3.8, 4) is 27.9 Å². The molecule has 2 heterocycles. The second-order valence-electron chi connectivity index (χ2n) is 14.1. The molecule has 9 aromatic carbocycles. The minimum absolute atomic E-state index is 0.896. The minimum Gasteiger partial charge on any atom is -0.456 e. The van der Waals surface area contributed by atoms with Gasteiger partial charge in [0.1, 0.15) is 11.2 Å². The number of rotatable bonds is 6. The molecule has 0 amide bonds. The Morgan fingerprint density at radius 3 is 1.89 bits per heavy atom. The van der Waals surface area contributed by atoms with Crippen LogP contribution in [0.5, 0.6) is 0 Å². The summed E-state index contributed by atoms with van der Waals surface area (Å²) in [5, 5.41) is 7.08. The monoisotopic (exact) mass is 702 g/mol. The summed E-state index contributed by atoms with van der Waals surface area (Å²) in [6.45, 7) is 0. The Labute approximate surface area is 318 Å². The molecule has 0 fully saturated rings. The molecule has 11 aromatic rings. The molecule has 0 aliphatic carbocycles. The molecular formula is C52H34N2O. The second-order valence-corrected chi connectivity index (χ2v) is 14.1. The first-order chi connectivity index (χ1) is 27.3. The van der Waals surface area contributed by atoms with Crippen molar-refractivity contribution in [1.29, 1.82) is 0 Å².